The van der Waals surface area contributed by atoms with Gasteiger partial charge >= 0.3 is 7.12 Å². The zero-order valence-electron chi connectivity index (χ0n) is 9.45. The van der Waals surface area contributed by atoms with E-state index in [2.05, 4.69) is 15.2 Å². The molecule has 2 aromatic rings. The highest BCUT2D eigenvalue weighted by Gasteiger charge is 2.23. The van der Waals surface area contributed by atoms with E-state index in [1.54, 1.807) is 0 Å². The first kappa shape index (κ1) is 12.5. The molecule has 9 heteroatoms. The summed E-state index contributed by atoms with van der Waals surface area (Å²) in [5.74, 6) is -0.932. The minimum atomic E-state index is -1.78. The van der Waals surface area contributed by atoms with Crippen molar-refractivity contribution in [2.24, 2.45) is 7.05 Å². The second kappa shape index (κ2) is 4.71. The van der Waals surface area contributed by atoms with E-state index in [1.165, 1.54) is 7.05 Å². The van der Waals surface area contributed by atoms with Crippen LogP contribution in [0.2, 0.25) is 0 Å². The Morgan fingerprint density at radius 1 is 1.39 bits per heavy atom. The van der Waals surface area contributed by atoms with Crippen LogP contribution < -0.4 is 5.59 Å². The predicted octanol–water partition coefficient (Wildman–Crippen LogP) is -1.67. The van der Waals surface area contributed by atoms with Crippen LogP contribution in [-0.4, -0.2) is 42.3 Å². The van der Waals surface area contributed by atoms with Crippen LogP contribution in [0.25, 0.3) is 0 Å². The second-order valence-electron chi connectivity index (χ2n) is 3.71. The standard InChI is InChI=1S/C9H10BFN4O3/c1-15-13-7(8(14-15)10(17)18)3-5-2-6(11)4-12-9(5)16/h2,4,17-18H,3H2,1H3,(H,12,16). The Morgan fingerprint density at radius 2 is 2.11 bits per heavy atom. The van der Waals surface area contributed by atoms with Crippen LogP contribution >= 0.6 is 0 Å². The van der Waals surface area contributed by atoms with E-state index in [1.807, 2.05) is 0 Å². The van der Waals surface area contributed by atoms with Gasteiger partial charge in [0.1, 0.15) is 11.4 Å². The van der Waals surface area contributed by atoms with Crippen LogP contribution in [0.5, 0.6) is 5.88 Å². The fourth-order valence-electron chi connectivity index (χ4n) is 1.57. The Kier molecular flexibility index (Phi) is 3.26. The molecule has 0 amide bonds. The van der Waals surface area contributed by atoms with Gasteiger partial charge in [0, 0.05) is 19.0 Å². The quantitative estimate of drug-likeness (QED) is 0.564. The van der Waals surface area contributed by atoms with Gasteiger partial charge in [-0.2, -0.15) is 15.0 Å². The van der Waals surface area contributed by atoms with Gasteiger partial charge < -0.3 is 15.2 Å². The Hall–Kier alpha value is -2.00. The summed E-state index contributed by atoms with van der Waals surface area (Å²) in [6.07, 6.45) is 0.884. The van der Waals surface area contributed by atoms with E-state index >= 15 is 0 Å². The van der Waals surface area contributed by atoms with Gasteiger partial charge in [0.2, 0.25) is 5.88 Å². The largest absolute Gasteiger partial charge is 0.512 e. The number of rotatable bonds is 3. The SMILES string of the molecule is Cn1nc(Cc2cc(F)cnc2O)c(B(O)O)n1. The zero-order valence-corrected chi connectivity index (χ0v) is 9.45. The third kappa shape index (κ3) is 2.46. The fraction of sp³-hybridized carbons (Fsp3) is 0.222. The van der Waals surface area contributed by atoms with Gasteiger partial charge in [-0.15, -0.1) is 0 Å². The molecule has 0 spiro atoms. The Bertz CT molecular complexity index is 575. The number of halogens is 1. The molecule has 7 nitrogen and oxygen atoms in total. The molecule has 0 aliphatic heterocycles. The molecule has 0 aliphatic carbocycles. The van der Waals surface area contributed by atoms with Gasteiger partial charge in [-0.1, -0.05) is 0 Å². The van der Waals surface area contributed by atoms with Crippen molar-refractivity contribution in [1.82, 2.24) is 20.0 Å². The van der Waals surface area contributed by atoms with Gasteiger partial charge in [-0.05, 0) is 6.07 Å². The van der Waals surface area contributed by atoms with E-state index in [9.17, 15) is 9.50 Å². The molecule has 2 aromatic heterocycles. The highest BCUT2D eigenvalue weighted by atomic mass is 19.1. The van der Waals surface area contributed by atoms with Crippen molar-refractivity contribution in [2.45, 2.75) is 6.42 Å². The lowest BCUT2D eigenvalue weighted by Crippen LogP contribution is -2.34. The average Bonchev–Trinajstić information content (AvgIpc) is 2.65. The van der Waals surface area contributed by atoms with Gasteiger partial charge in [-0.25, -0.2) is 9.37 Å². The number of aromatic nitrogens is 4. The highest BCUT2D eigenvalue weighted by Crippen LogP contribution is 2.16. The van der Waals surface area contributed by atoms with E-state index in [4.69, 9.17) is 10.0 Å². The van der Waals surface area contributed by atoms with Gasteiger partial charge in [-0.3, -0.25) is 0 Å². The summed E-state index contributed by atoms with van der Waals surface area (Å²) in [7, 11) is -0.267. The molecule has 0 unspecified atom stereocenters. The smallest absolute Gasteiger partial charge is 0.493 e. The monoisotopic (exact) mass is 252 g/mol. The van der Waals surface area contributed by atoms with Gasteiger partial charge in [0.25, 0.3) is 0 Å². The molecule has 2 heterocycles. The van der Waals surface area contributed by atoms with E-state index < -0.39 is 12.9 Å². The van der Waals surface area contributed by atoms with Crippen molar-refractivity contribution in [3.63, 3.8) is 0 Å². The average molecular weight is 252 g/mol. The van der Waals surface area contributed by atoms with Crippen LogP contribution in [-0.2, 0) is 13.5 Å². The minimum absolute atomic E-state index is 0.00259. The van der Waals surface area contributed by atoms with Crippen LogP contribution in [0.3, 0.4) is 0 Å². The molecule has 0 aromatic carbocycles. The maximum atomic E-state index is 13.0. The third-order valence-corrected chi connectivity index (χ3v) is 2.33. The molecule has 0 atom stereocenters. The fourth-order valence-corrected chi connectivity index (χ4v) is 1.57. The number of hydrogen-bond donors (Lipinski definition) is 3. The first-order valence-corrected chi connectivity index (χ1v) is 5.07. The van der Waals surface area contributed by atoms with Crippen LogP contribution in [0.15, 0.2) is 12.3 Å². The van der Waals surface area contributed by atoms with Crippen LogP contribution in [0, 0.1) is 5.82 Å². The molecule has 0 aliphatic rings. The summed E-state index contributed by atoms with van der Waals surface area (Å²) in [4.78, 5) is 4.62. The molecule has 0 saturated heterocycles. The van der Waals surface area contributed by atoms with E-state index in [0.717, 1.165) is 17.1 Å². The summed E-state index contributed by atoms with van der Waals surface area (Å²) in [6, 6.07) is 1.10. The van der Waals surface area contributed by atoms with Crippen molar-refractivity contribution in [1.29, 1.82) is 0 Å². The predicted molar refractivity (Wildman–Crippen MR) is 59.5 cm³/mol. The van der Waals surface area contributed by atoms with Crippen molar-refractivity contribution in [2.75, 3.05) is 0 Å². The molecule has 3 N–H and O–H groups in total. The number of aromatic hydroxyl groups is 1. The Morgan fingerprint density at radius 3 is 2.78 bits per heavy atom. The summed E-state index contributed by atoms with van der Waals surface area (Å²) >= 11 is 0. The summed E-state index contributed by atoms with van der Waals surface area (Å²) in [6.45, 7) is 0. The van der Waals surface area contributed by atoms with Crippen molar-refractivity contribution in [3.8, 4) is 5.88 Å². The molecule has 94 valence electrons. The second-order valence-corrected chi connectivity index (χ2v) is 3.71. The molecular formula is C9H10BFN4O3. The topological polar surface area (TPSA) is 104 Å². The lowest BCUT2D eigenvalue weighted by atomic mass is 9.83. The third-order valence-electron chi connectivity index (χ3n) is 2.33. The highest BCUT2D eigenvalue weighted by molar-refractivity contribution is 6.58. The van der Waals surface area contributed by atoms with Crippen LogP contribution in [0.1, 0.15) is 11.3 Å². The molecule has 0 saturated carbocycles. The summed E-state index contributed by atoms with van der Waals surface area (Å²) in [5.41, 5.74) is 0.383. The number of pyridine rings is 1. The van der Waals surface area contributed by atoms with E-state index in [-0.39, 0.29) is 29.2 Å². The number of hydrogen-bond acceptors (Lipinski definition) is 6. The minimum Gasteiger partial charge on any atom is -0.493 e. The molecule has 0 radical (unpaired) electrons. The van der Waals surface area contributed by atoms with E-state index in [0.29, 0.717) is 0 Å². The zero-order chi connectivity index (χ0) is 13.3. The first-order chi connectivity index (χ1) is 8.47. The molecule has 0 bridgehead atoms. The maximum absolute atomic E-state index is 13.0. The number of aryl methyl sites for hydroxylation is 1. The van der Waals surface area contributed by atoms with Crippen LogP contribution in [0.4, 0.5) is 4.39 Å². The first-order valence-electron chi connectivity index (χ1n) is 5.07. The van der Waals surface area contributed by atoms with Crippen molar-refractivity contribution >= 4 is 12.7 Å². The molecule has 2 rings (SSSR count). The molecular weight excluding hydrogens is 242 g/mol. The van der Waals surface area contributed by atoms with Crippen molar-refractivity contribution in [3.05, 3.63) is 29.3 Å². The summed E-state index contributed by atoms with van der Waals surface area (Å²) < 4.78 is 13.0. The molecule has 18 heavy (non-hydrogen) atoms. The van der Waals surface area contributed by atoms with Gasteiger partial charge in [0.05, 0.1) is 11.9 Å². The normalized spacial score (nSPS) is 10.7. The Balaban J connectivity index is 2.36. The molecule has 0 fully saturated rings. The maximum Gasteiger partial charge on any atom is 0.512 e. The summed E-state index contributed by atoms with van der Waals surface area (Å²) in [5, 5.41) is 35.4. The number of nitrogens with zero attached hydrogens (tertiary/aromatic N) is 4. The lowest BCUT2D eigenvalue weighted by Gasteiger charge is -2.02. The van der Waals surface area contributed by atoms with Gasteiger partial charge in [0.15, 0.2) is 0 Å². The lowest BCUT2D eigenvalue weighted by molar-refractivity contribution is 0.423. The Labute approximate surface area is 102 Å². The van der Waals surface area contributed by atoms with Crippen molar-refractivity contribution < 1.29 is 19.5 Å².